The van der Waals surface area contributed by atoms with Crippen LogP contribution in [0.2, 0.25) is 0 Å². The molecule has 0 radical (unpaired) electrons. The number of methoxy groups -OCH3 is 2. The molecule has 1 aliphatic rings. The van der Waals surface area contributed by atoms with Crippen molar-refractivity contribution in [1.82, 2.24) is 15.1 Å². The molecule has 1 aromatic carbocycles. The number of ether oxygens (including phenoxy) is 3. The number of hydrogen-bond acceptors (Lipinski definition) is 5. The second kappa shape index (κ2) is 15.5. The number of nitrogens with one attached hydrogen (secondary N) is 1. The molecule has 172 valence electrons. The highest BCUT2D eigenvalue weighted by Crippen LogP contribution is 2.18. The quantitative estimate of drug-likeness (QED) is 0.268. The van der Waals surface area contributed by atoms with Gasteiger partial charge in [0, 0.05) is 33.8 Å². The SMILES string of the molecule is CCNC(=NCC1CCN(CCOC)CC1)N(C)CCOc1ccc(OC)cc1.I. The molecule has 1 aliphatic heterocycles. The Kier molecular flexibility index (Phi) is 13.9. The molecule has 0 spiro atoms. The molecule has 0 saturated carbocycles. The molecule has 8 heteroatoms. The van der Waals surface area contributed by atoms with Crippen LogP contribution in [0.15, 0.2) is 29.3 Å². The molecule has 1 saturated heterocycles. The van der Waals surface area contributed by atoms with Gasteiger partial charge in [0.05, 0.1) is 20.3 Å². The molecule has 30 heavy (non-hydrogen) atoms. The molecule has 0 aromatic heterocycles. The van der Waals surface area contributed by atoms with Gasteiger partial charge in [-0.25, -0.2) is 0 Å². The van der Waals surface area contributed by atoms with Crippen molar-refractivity contribution in [3.05, 3.63) is 24.3 Å². The van der Waals surface area contributed by atoms with Gasteiger partial charge in [0.15, 0.2) is 5.96 Å². The summed E-state index contributed by atoms with van der Waals surface area (Å²) in [6, 6.07) is 7.67. The van der Waals surface area contributed by atoms with Crippen molar-refractivity contribution >= 4 is 29.9 Å². The van der Waals surface area contributed by atoms with E-state index < -0.39 is 0 Å². The lowest BCUT2D eigenvalue weighted by atomic mass is 9.97. The first-order valence-corrected chi connectivity index (χ1v) is 10.6. The third-order valence-corrected chi connectivity index (χ3v) is 5.27. The van der Waals surface area contributed by atoms with E-state index in [0.717, 1.165) is 63.3 Å². The smallest absolute Gasteiger partial charge is 0.193 e. The number of guanidine groups is 1. The number of likely N-dealkylation sites (tertiary alicyclic amines) is 1. The van der Waals surface area contributed by atoms with Crippen molar-refractivity contribution in [3.8, 4) is 11.5 Å². The van der Waals surface area contributed by atoms with Gasteiger partial charge in [-0.2, -0.15) is 0 Å². The maximum absolute atomic E-state index is 5.85. The Morgan fingerprint density at radius 3 is 2.40 bits per heavy atom. The molecule has 1 heterocycles. The Hall–Kier alpha value is -1.26. The predicted molar refractivity (Wildman–Crippen MR) is 134 cm³/mol. The summed E-state index contributed by atoms with van der Waals surface area (Å²) in [5.41, 5.74) is 0. The highest BCUT2D eigenvalue weighted by atomic mass is 127. The molecular weight excluding hydrogens is 495 g/mol. The summed E-state index contributed by atoms with van der Waals surface area (Å²) < 4.78 is 16.2. The summed E-state index contributed by atoms with van der Waals surface area (Å²) in [5, 5.41) is 3.40. The van der Waals surface area contributed by atoms with Crippen LogP contribution in [-0.4, -0.2) is 89.5 Å². The van der Waals surface area contributed by atoms with Crippen molar-refractivity contribution in [2.45, 2.75) is 19.8 Å². The van der Waals surface area contributed by atoms with Crippen molar-refractivity contribution in [2.24, 2.45) is 10.9 Å². The largest absolute Gasteiger partial charge is 0.497 e. The van der Waals surface area contributed by atoms with Crippen LogP contribution in [0.5, 0.6) is 11.5 Å². The van der Waals surface area contributed by atoms with E-state index in [1.807, 2.05) is 24.3 Å². The zero-order valence-electron chi connectivity index (χ0n) is 18.9. The monoisotopic (exact) mass is 534 g/mol. The summed E-state index contributed by atoms with van der Waals surface area (Å²) >= 11 is 0. The van der Waals surface area contributed by atoms with Crippen molar-refractivity contribution in [2.75, 3.05) is 73.7 Å². The Morgan fingerprint density at radius 2 is 1.80 bits per heavy atom. The van der Waals surface area contributed by atoms with Gasteiger partial charge < -0.3 is 29.3 Å². The number of nitrogens with zero attached hydrogens (tertiary/aromatic N) is 3. The van der Waals surface area contributed by atoms with Crippen LogP contribution in [-0.2, 0) is 4.74 Å². The van der Waals surface area contributed by atoms with E-state index in [0.29, 0.717) is 12.5 Å². The maximum Gasteiger partial charge on any atom is 0.193 e. The van der Waals surface area contributed by atoms with Crippen molar-refractivity contribution in [1.29, 1.82) is 0 Å². The van der Waals surface area contributed by atoms with Gasteiger partial charge in [-0.1, -0.05) is 0 Å². The highest BCUT2D eigenvalue weighted by molar-refractivity contribution is 14.0. The number of aliphatic imine (C=N–C) groups is 1. The first-order chi connectivity index (χ1) is 14.2. The van der Waals surface area contributed by atoms with Crippen LogP contribution in [0.25, 0.3) is 0 Å². The van der Waals surface area contributed by atoms with Gasteiger partial charge in [0.1, 0.15) is 18.1 Å². The average molecular weight is 534 g/mol. The summed E-state index contributed by atoms with van der Waals surface area (Å²) in [6.07, 6.45) is 2.41. The predicted octanol–water partition coefficient (Wildman–Crippen LogP) is 2.95. The lowest BCUT2D eigenvalue weighted by Crippen LogP contribution is -2.41. The number of halogens is 1. The molecule has 7 nitrogen and oxygen atoms in total. The average Bonchev–Trinajstić information content (AvgIpc) is 2.76. The third kappa shape index (κ3) is 9.70. The van der Waals surface area contributed by atoms with Crippen molar-refractivity contribution in [3.63, 3.8) is 0 Å². The number of hydrogen-bond donors (Lipinski definition) is 1. The number of rotatable bonds is 11. The first kappa shape index (κ1) is 26.8. The topological polar surface area (TPSA) is 58.6 Å². The fourth-order valence-corrected chi connectivity index (χ4v) is 3.38. The van der Waals surface area contributed by atoms with E-state index in [9.17, 15) is 0 Å². The maximum atomic E-state index is 5.85. The number of piperidine rings is 1. The molecule has 0 bridgehead atoms. The van der Waals surface area contributed by atoms with E-state index in [1.165, 1.54) is 12.8 Å². The highest BCUT2D eigenvalue weighted by Gasteiger charge is 2.19. The Morgan fingerprint density at radius 1 is 1.13 bits per heavy atom. The lowest BCUT2D eigenvalue weighted by molar-refractivity contribution is 0.121. The number of benzene rings is 1. The molecule has 2 rings (SSSR count). The summed E-state index contributed by atoms with van der Waals surface area (Å²) in [6.45, 7) is 9.35. The van der Waals surface area contributed by atoms with Crippen molar-refractivity contribution < 1.29 is 14.2 Å². The van der Waals surface area contributed by atoms with Gasteiger partial charge in [0.25, 0.3) is 0 Å². The molecule has 1 N–H and O–H groups in total. The minimum Gasteiger partial charge on any atom is -0.497 e. The second-order valence-corrected chi connectivity index (χ2v) is 7.42. The van der Waals surface area contributed by atoms with E-state index in [1.54, 1.807) is 14.2 Å². The normalized spacial score (nSPS) is 15.4. The number of likely N-dealkylation sites (N-methyl/N-ethyl adjacent to an activating group) is 1. The van der Waals surface area contributed by atoms with E-state index in [-0.39, 0.29) is 24.0 Å². The minimum atomic E-state index is 0. The van der Waals surface area contributed by atoms with Gasteiger partial charge in [-0.15, -0.1) is 24.0 Å². The molecule has 0 amide bonds. The zero-order chi connectivity index (χ0) is 20.9. The van der Waals surface area contributed by atoms with Gasteiger partial charge in [-0.3, -0.25) is 4.99 Å². The van der Waals surface area contributed by atoms with Crippen LogP contribution in [0.1, 0.15) is 19.8 Å². The third-order valence-electron chi connectivity index (χ3n) is 5.27. The standard InChI is InChI=1S/C22H38N4O3.HI/c1-5-23-22(24-18-19-10-12-26(13-11-19)15-16-27-3)25(2)14-17-29-21-8-6-20(28-4)7-9-21;/h6-9,19H,5,10-18H2,1-4H3,(H,23,24);1H. The minimum absolute atomic E-state index is 0. The van der Waals surface area contributed by atoms with Crippen LogP contribution in [0.4, 0.5) is 0 Å². The van der Waals surface area contributed by atoms with Crippen LogP contribution < -0.4 is 14.8 Å². The Bertz CT molecular complexity index is 593. The molecule has 0 aliphatic carbocycles. The van der Waals surface area contributed by atoms with E-state index in [4.69, 9.17) is 19.2 Å². The lowest BCUT2D eigenvalue weighted by Gasteiger charge is -2.31. The van der Waals surface area contributed by atoms with Crippen LogP contribution in [0.3, 0.4) is 0 Å². The molecule has 1 aromatic rings. The van der Waals surface area contributed by atoms with E-state index in [2.05, 4.69) is 29.1 Å². The summed E-state index contributed by atoms with van der Waals surface area (Å²) in [5.74, 6) is 3.29. The first-order valence-electron chi connectivity index (χ1n) is 10.6. The molecule has 0 unspecified atom stereocenters. The fraction of sp³-hybridized carbons (Fsp3) is 0.682. The Labute approximate surface area is 199 Å². The second-order valence-electron chi connectivity index (χ2n) is 7.42. The summed E-state index contributed by atoms with van der Waals surface area (Å²) in [7, 11) is 5.49. The van der Waals surface area contributed by atoms with E-state index >= 15 is 0 Å². The Balaban J connectivity index is 0.00000450. The van der Waals surface area contributed by atoms with Crippen LogP contribution >= 0.6 is 24.0 Å². The fourth-order valence-electron chi connectivity index (χ4n) is 3.38. The molecule has 0 atom stereocenters. The molecular formula is C22H39IN4O3. The zero-order valence-corrected chi connectivity index (χ0v) is 21.3. The van der Waals surface area contributed by atoms with Gasteiger partial charge >= 0.3 is 0 Å². The van der Waals surface area contributed by atoms with Gasteiger partial charge in [-0.05, 0) is 63.0 Å². The summed E-state index contributed by atoms with van der Waals surface area (Å²) in [4.78, 5) is 9.51. The molecule has 1 fully saturated rings. The van der Waals surface area contributed by atoms with Gasteiger partial charge in [0.2, 0.25) is 0 Å². The van der Waals surface area contributed by atoms with Crippen LogP contribution in [0, 0.1) is 5.92 Å².